The van der Waals surface area contributed by atoms with Crippen LogP contribution in [0, 0.1) is 0 Å². The number of para-hydroxylation sites is 1. The Bertz CT molecular complexity index is 1260. The quantitative estimate of drug-likeness (QED) is 0.275. The van der Waals surface area contributed by atoms with Gasteiger partial charge in [0.1, 0.15) is 5.76 Å². The molecule has 0 spiro atoms. The number of furan rings is 1. The van der Waals surface area contributed by atoms with E-state index in [0.717, 1.165) is 28.6 Å². The number of nitrogens with one attached hydrogen (secondary N) is 1. The Morgan fingerprint density at radius 1 is 1.12 bits per heavy atom. The molecule has 1 N–H and O–H groups in total. The highest BCUT2D eigenvalue weighted by molar-refractivity contribution is 6.07. The lowest BCUT2D eigenvalue weighted by Gasteiger charge is -2.11. The normalized spacial score (nSPS) is 12.6. The van der Waals surface area contributed by atoms with Crippen LogP contribution in [0.1, 0.15) is 47.9 Å². The van der Waals surface area contributed by atoms with E-state index >= 15 is 0 Å². The van der Waals surface area contributed by atoms with Gasteiger partial charge in [0.25, 0.3) is 5.91 Å². The van der Waals surface area contributed by atoms with E-state index in [0.29, 0.717) is 17.2 Å². The zero-order valence-corrected chi connectivity index (χ0v) is 18.2. The fourth-order valence-electron chi connectivity index (χ4n) is 3.45. The van der Waals surface area contributed by atoms with Crippen molar-refractivity contribution in [3.05, 3.63) is 96.0 Å². The van der Waals surface area contributed by atoms with Crippen LogP contribution in [0.25, 0.3) is 28.2 Å². The van der Waals surface area contributed by atoms with Crippen LogP contribution in [0.2, 0.25) is 0 Å². The summed E-state index contributed by atoms with van der Waals surface area (Å²) in [7, 11) is 0. The van der Waals surface area contributed by atoms with Gasteiger partial charge < -0.3 is 4.42 Å². The molecule has 0 aliphatic rings. The lowest BCUT2D eigenvalue weighted by molar-refractivity contribution is 0.0956. The molecule has 0 fully saturated rings. The van der Waals surface area contributed by atoms with Crippen molar-refractivity contribution in [1.29, 1.82) is 0 Å². The molecule has 0 aliphatic carbocycles. The highest BCUT2D eigenvalue weighted by atomic mass is 16.3. The molecular weight excluding hydrogens is 398 g/mol. The summed E-state index contributed by atoms with van der Waals surface area (Å²) in [5.74, 6) is 0.935. The molecule has 4 rings (SSSR count). The third-order valence-electron chi connectivity index (χ3n) is 5.48. The first-order valence-electron chi connectivity index (χ1n) is 10.7. The van der Waals surface area contributed by atoms with Crippen molar-refractivity contribution in [1.82, 2.24) is 10.4 Å². The SMILES string of the molecule is CCC(C)c1ccc(-c2cc(C(=O)N/N=C/C=C/c3ccco3)c3ccccc3n2)cc1. The maximum absolute atomic E-state index is 12.9. The summed E-state index contributed by atoms with van der Waals surface area (Å²) in [4.78, 5) is 17.7. The van der Waals surface area contributed by atoms with Gasteiger partial charge in [-0.3, -0.25) is 4.79 Å². The van der Waals surface area contributed by atoms with Crippen LogP contribution < -0.4 is 5.43 Å². The molecule has 0 bridgehead atoms. The van der Waals surface area contributed by atoms with Gasteiger partial charge in [-0.15, -0.1) is 0 Å². The average Bonchev–Trinajstić information content (AvgIpc) is 3.36. The van der Waals surface area contributed by atoms with Crippen LogP contribution in [0.5, 0.6) is 0 Å². The highest BCUT2D eigenvalue weighted by Crippen LogP contribution is 2.27. The van der Waals surface area contributed by atoms with E-state index in [-0.39, 0.29) is 5.91 Å². The Morgan fingerprint density at radius 2 is 1.94 bits per heavy atom. The van der Waals surface area contributed by atoms with E-state index in [4.69, 9.17) is 9.40 Å². The molecule has 1 unspecified atom stereocenters. The second-order valence-corrected chi connectivity index (χ2v) is 7.60. The van der Waals surface area contributed by atoms with Gasteiger partial charge in [0.15, 0.2) is 0 Å². The van der Waals surface area contributed by atoms with Crippen LogP contribution in [0.3, 0.4) is 0 Å². The second-order valence-electron chi connectivity index (χ2n) is 7.60. The number of fused-ring (bicyclic) bond motifs is 1. The zero-order chi connectivity index (χ0) is 22.3. The molecule has 2 heterocycles. The first kappa shape index (κ1) is 21.2. The summed E-state index contributed by atoms with van der Waals surface area (Å²) < 4.78 is 5.22. The summed E-state index contributed by atoms with van der Waals surface area (Å²) in [6.07, 6.45) is 7.67. The molecule has 0 saturated carbocycles. The zero-order valence-electron chi connectivity index (χ0n) is 18.2. The van der Waals surface area contributed by atoms with E-state index in [1.807, 2.05) is 42.5 Å². The van der Waals surface area contributed by atoms with Crippen LogP contribution in [0.4, 0.5) is 0 Å². The van der Waals surface area contributed by atoms with Crippen molar-refractivity contribution in [2.45, 2.75) is 26.2 Å². The van der Waals surface area contributed by atoms with Gasteiger partial charge in [-0.05, 0) is 54.3 Å². The first-order chi connectivity index (χ1) is 15.7. The summed E-state index contributed by atoms with van der Waals surface area (Å²) in [6, 6.07) is 21.5. The largest absolute Gasteiger partial charge is 0.465 e. The lowest BCUT2D eigenvalue weighted by atomic mass is 9.96. The molecule has 32 heavy (non-hydrogen) atoms. The van der Waals surface area contributed by atoms with Crippen molar-refractivity contribution in [3.8, 4) is 11.3 Å². The predicted octanol–water partition coefficient (Wildman–Crippen LogP) is 6.44. The Morgan fingerprint density at radius 3 is 2.69 bits per heavy atom. The van der Waals surface area contributed by atoms with Crippen molar-refractivity contribution in [2.24, 2.45) is 5.10 Å². The van der Waals surface area contributed by atoms with E-state index in [1.54, 1.807) is 18.4 Å². The molecule has 5 nitrogen and oxygen atoms in total. The first-order valence-corrected chi connectivity index (χ1v) is 10.7. The molecule has 0 aliphatic heterocycles. The maximum Gasteiger partial charge on any atom is 0.272 e. The molecule has 2 aromatic heterocycles. The van der Waals surface area contributed by atoms with Gasteiger partial charge in [-0.25, -0.2) is 10.4 Å². The fraction of sp³-hybridized carbons (Fsp3) is 0.148. The average molecular weight is 424 g/mol. The summed E-state index contributed by atoms with van der Waals surface area (Å²) in [5, 5.41) is 4.81. The minimum absolute atomic E-state index is 0.288. The van der Waals surface area contributed by atoms with Gasteiger partial charge in [0.05, 0.1) is 23.0 Å². The topological polar surface area (TPSA) is 67.5 Å². The predicted molar refractivity (Wildman–Crippen MR) is 130 cm³/mol. The van der Waals surface area contributed by atoms with E-state index < -0.39 is 0 Å². The van der Waals surface area contributed by atoms with E-state index in [1.165, 1.54) is 11.8 Å². The minimum Gasteiger partial charge on any atom is -0.465 e. The number of nitrogens with zero attached hydrogens (tertiary/aromatic N) is 2. The van der Waals surface area contributed by atoms with E-state index in [2.05, 4.69) is 48.6 Å². The summed E-state index contributed by atoms with van der Waals surface area (Å²) in [6.45, 7) is 4.40. The van der Waals surface area contributed by atoms with Crippen LogP contribution in [0.15, 0.2) is 88.6 Å². The molecule has 0 saturated heterocycles. The van der Waals surface area contributed by atoms with Crippen LogP contribution >= 0.6 is 0 Å². The van der Waals surface area contributed by atoms with Crippen molar-refractivity contribution in [3.63, 3.8) is 0 Å². The summed E-state index contributed by atoms with van der Waals surface area (Å²) >= 11 is 0. The number of carbonyl (C=O) groups excluding carboxylic acids is 1. The van der Waals surface area contributed by atoms with Crippen molar-refractivity contribution >= 4 is 29.1 Å². The standard InChI is InChI=1S/C27H25N3O2/c1-3-19(2)20-12-14-21(15-13-20)26-18-24(23-10-4-5-11-25(23)29-26)27(31)30-28-16-6-8-22-9-7-17-32-22/h4-19H,3H2,1-2H3,(H,30,31)/b8-6+,28-16+. The molecule has 2 aromatic carbocycles. The Kier molecular flexibility index (Phi) is 6.56. The second kappa shape index (κ2) is 9.88. The van der Waals surface area contributed by atoms with Gasteiger partial charge in [-0.2, -0.15) is 5.10 Å². The molecule has 1 amide bonds. The van der Waals surface area contributed by atoms with Gasteiger partial charge >= 0.3 is 0 Å². The Hall–Kier alpha value is -3.99. The highest BCUT2D eigenvalue weighted by Gasteiger charge is 2.14. The molecule has 5 heteroatoms. The van der Waals surface area contributed by atoms with Crippen LogP contribution in [-0.4, -0.2) is 17.1 Å². The maximum atomic E-state index is 12.9. The van der Waals surface area contributed by atoms with Gasteiger partial charge in [0, 0.05) is 17.2 Å². The number of aromatic nitrogens is 1. The van der Waals surface area contributed by atoms with Gasteiger partial charge in [0.2, 0.25) is 0 Å². The molecule has 1 atom stereocenters. The Balaban J connectivity index is 1.60. The number of benzene rings is 2. The van der Waals surface area contributed by atoms with Gasteiger partial charge in [-0.1, -0.05) is 56.3 Å². The summed E-state index contributed by atoms with van der Waals surface area (Å²) in [5.41, 5.74) is 6.93. The monoisotopic (exact) mass is 423 g/mol. The third-order valence-corrected chi connectivity index (χ3v) is 5.48. The molecular formula is C27H25N3O2. The number of carbonyl (C=O) groups is 1. The van der Waals surface area contributed by atoms with E-state index in [9.17, 15) is 4.79 Å². The lowest BCUT2D eigenvalue weighted by Crippen LogP contribution is -2.18. The number of allylic oxidation sites excluding steroid dienone is 1. The molecule has 4 aromatic rings. The third kappa shape index (κ3) is 4.83. The Labute approximate surface area is 187 Å². The number of pyridine rings is 1. The van der Waals surface area contributed by atoms with Crippen molar-refractivity contribution in [2.75, 3.05) is 0 Å². The number of hydrogen-bond acceptors (Lipinski definition) is 4. The number of hydrazone groups is 1. The number of rotatable bonds is 7. The van der Waals surface area contributed by atoms with Crippen molar-refractivity contribution < 1.29 is 9.21 Å². The number of hydrogen-bond donors (Lipinski definition) is 1. The number of amides is 1. The van der Waals surface area contributed by atoms with Crippen LogP contribution in [-0.2, 0) is 0 Å². The molecule has 0 radical (unpaired) electrons. The smallest absolute Gasteiger partial charge is 0.272 e. The molecule has 160 valence electrons. The minimum atomic E-state index is -0.288. The fourth-order valence-corrected chi connectivity index (χ4v) is 3.45.